The number of terminal acetylenes is 1. The summed E-state index contributed by atoms with van der Waals surface area (Å²) in [5.74, 6) is 1.04. The van der Waals surface area contributed by atoms with Gasteiger partial charge in [-0.25, -0.2) is 18.4 Å². The second-order valence-electron chi connectivity index (χ2n) is 18.7. The Labute approximate surface area is 394 Å². The number of aliphatic hydroxyl groups is 1. The van der Waals surface area contributed by atoms with Gasteiger partial charge < -0.3 is 29.5 Å². The van der Waals surface area contributed by atoms with Gasteiger partial charge >= 0.3 is 17.8 Å². The first-order valence-electron chi connectivity index (χ1n) is 23.2. The molecule has 6 aromatic rings. The number of amides is 3. The molecule has 3 N–H and O–H groups in total. The van der Waals surface area contributed by atoms with Crippen LogP contribution in [0.5, 0.6) is 11.8 Å². The Morgan fingerprint density at radius 1 is 1.03 bits per heavy atom. The lowest BCUT2D eigenvalue weighted by molar-refractivity contribution is -0.135. The minimum Gasteiger partial charge on any atom is -0.492 e. The van der Waals surface area contributed by atoms with Gasteiger partial charge in [0.1, 0.15) is 54.5 Å². The van der Waals surface area contributed by atoms with Crippen molar-refractivity contribution in [3.05, 3.63) is 82.4 Å². The molecule has 0 spiro atoms. The number of anilines is 1. The Kier molecular flexibility index (Phi) is 11.9. The van der Waals surface area contributed by atoms with E-state index in [0.717, 1.165) is 32.2 Å². The monoisotopic (exact) mass is 943 g/mol. The molecule has 0 bridgehead atoms. The second kappa shape index (κ2) is 18.1. The topological polar surface area (TPSA) is 195 Å². The number of nitrogens with zero attached hydrogens (tertiary/aromatic N) is 7. The molecule has 17 nitrogen and oxygen atoms in total. The standard InChI is InChI=1S/C50H51F2N9O8/c1-4-32-35(51)12-10-29-8-5-9-33(40(29)32)42-41(52)43-34(25-54-42)44(59-21-6-17-49(2,66)27-59)57-46(56-43)69-28-50-18-7-22-60(50)30(16-19-50)26-68-47(64)53-20-23-67-31-11-13-36-38(24-31)58(3)48(65)61(36)37-14-15-39(62)55-45(37)63/h1,5,8-13,24-25,30,37,66H,6-7,14-23,26-28H2,2-3H3,(H,53,64)(H,55,62,63)/t30-,37?,49+,50-/m0/s1. The molecular formula is C50H51F2N9O8. The zero-order chi connectivity index (χ0) is 48.2. The number of benzene rings is 3. The van der Waals surface area contributed by atoms with E-state index in [1.54, 1.807) is 56.4 Å². The molecule has 0 saturated carbocycles. The predicted molar refractivity (Wildman–Crippen MR) is 251 cm³/mol. The Morgan fingerprint density at radius 3 is 2.68 bits per heavy atom. The third-order valence-electron chi connectivity index (χ3n) is 14.1. The maximum atomic E-state index is 17.1. The summed E-state index contributed by atoms with van der Waals surface area (Å²) < 4.78 is 52.9. The van der Waals surface area contributed by atoms with Crippen LogP contribution in [0.15, 0.2) is 59.5 Å². The number of fused-ring (bicyclic) bond motifs is 4. The van der Waals surface area contributed by atoms with Gasteiger partial charge in [-0.2, -0.15) is 9.97 Å². The third-order valence-corrected chi connectivity index (χ3v) is 14.1. The number of β-amino-alcohol motifs (C(OH)–C–C–N with tert-alkyl or cyclic N) is 1. The summed E-state index contributed by atoms with van der Waals surface area (Å²) in [4.78, 5) is 68.5. The fourth-order valence-electron chi connectivity index (χ4n) is 10.8. The molecule has 3 amide bonds. The molecule has 3 aromatic heterocycles. The predicted octanol–water partition coefficient (Wildman–Crippen LogP) is 5.27. The number of imide groups is 1. The lowest BCUT2D eigenvalue weighted by Gasteiger charge is -2.38. The van der Waals surface area contributed by atoms with Gasteiger partial charge in [0.05, 0.1) is 39.7 Å². The van der Waals surface area contributed by atoms with Crippen LogP contribution >= 0.6 is 0 Å². The van der Waals surface area contributed by atoms with Crippen LogP contribution in [0.3, 0.4) is 0 Å². The number of halogens is 2. The van der Waals surface area contributed by atoms with E-state index in [0.29, 0.717) is 63.7 Å². The van der Waals surface area contributed by atoms with Gasteiger partial charge in [-0.1, -0.05) is 30.2 Å². The maximum absolute atomic E-state index is 17.1. The smallest absolute Gasteiger partial charge is 0.407 e. The number of rotatable bonds is 12. The molecule has 10 rings (SSSR count). The van der Waals surface area contributed by atoms with Crippen molar-refractivity contribution in [2.75, 3.05) is 50.9 Å². The highest BCUT2D eigenvalue weighted by Crippen LogP contribution is 2.44. The molecular weight excluding hydrogens is 893 g/mol. The molecule has 69 heavy (non-hydrogen) atoms. The van der Waals surface area contributed by atoms with E-state index in [-0.39, 0.29) is 86.2 Å². The zero-order valence-electron chi connectivity index (χ0n) is 38.2. The highest BCUT2D eigenvalue weighted by Gasteiger charge is 2.50. The summed E-state index contributed by atoms with van der Waals surface area (Å²) in [6.07, 6.45) is 11.5. The van der Waals surface area contributed by atoms with Gasteiger partial charge in [-0.15, -0.1) is 6.42 Å². The molecule has 0 aliphatic carbocycles. The molecule has 3 aromatic carbocycles. The van der Waals surface area contributed by atoms with Crippen LogP contribution in [0.4, 0.5) is 19.4 Å². The van der Waals surface area contributed by atoms with E-state index in [1.165, 1.54) is 21.4 Å². The van der Waals surface area contributed by atoms with Crippen molar-refractivity contribution in [3.8, 4) is 35.4 Å². The van der Waals surface area contributed by atoms with Crippen molar-refractivity contribution in [2.24, 2.45) is 7.05 Å². The fraction of sp³-hybridized carbons (Fsp3) is 0.420. The number of aromatic nitrogens is 5. The van der Waals surface area contributed by atoms with Gasteiger partial charge in [0.25, 0.3) is 0 Å². The van der Waals surface area contributed by atoms with Crippen molar-refractivity contribution < 1.29 is 42.5 Å². The highest BCUT2D eigenvalue weighted by molar-refractivity contribution is 6.02. The molecule has 0 radical (unpaired) electrons. The van der Waals surface area contributed by atoms with E-state index in [4.69, 9.17) is 25.6 Å². The van der Waals surface area contributed by atoms with Gasteiger partial charge in [0, 0.05) is 55.8 Å². The van der Waals surface area contributed by atoms with Crippen LogP contribution in [0.1, 0.15) is 69.9 Å². The van der Waals surface area contributed by atoms with E-state index in [1.807, 2.05) is 4.90 Å². The van der Waals surface area contributed by atoms with Gasteiger partial charge in [0.2, 0.25) is 11.8 Å². The number of nitrogens with one attached hydrogen (secondary N) is 2. The van der Waals surface area contributed by atoms with E-state index in [2.05, 4.69) is 31.4 Å². The molecule has 4 aliphatic rings. The molecule has 4 aliphatic heterocycles. The number of hydrogen-bond donors (Lipinski definition) is 3. The molecule has 358 valence electrons. The first-order valence-corrected chi connectivity index (χ1v) is 23.2. The Hall–Kier alpha value is -7.17. The van der Waals surface area contributed by atoms with Gasteiger partial charge in [-0.3, -0.25) is 33.9 Å². The Bertz CT molecular complexity index is 3170. The SMILES string of the molecule is C#Cc1c(F)ccc2cccc(-c3ncc4c(N5CCC[C@@](C)(O)C5)nc(OC[C@@]56CCCN5[C@H](COC(=O)NCCOc5ccc7c(c5)n(C)c(=O)n7C5CCC(=O)NC5=O)CC6)nc4c3F)c12. The van der Waals surface area contributed by atoms with E-state index < -0.39 is 40.8 Å². The maximum Gasteiger partial charge on any atom is 0.407 e. The Balaban J connectivity index is 0.802. The summed E-state index contributed by atoms with van der Waals surface area (Å²) in [5.41, 5.74) is -0.486. The average Bonchev–Trinajstić information content (AvgIpc) is 3.98. The molecule has 7 heterocycles. The number of carbonyl (C=O) groups excluding carboxylic acids is 3. The summed E-state index contributed by atoms with van der Waals surface area (Å²) in [5, 5.41) is 17.4. The zero-order valence-corrected chi connectivity index (χ0v) is 38.2. The third kappa shape index (κ3) is 8.45. The number of alkyl carbamates (subject to hydrolysis) is 1. The van der Waals surface area contributed by atoms with Crippen LogP contribution in [-0.2, 0) is 21.4 Å². The van der Waals surface area contributed by atoms with Crippen molar-refractivity contribution in [2.45, 2.75) is 81.5 Å². The first-order chi connectivity index (χ1) is 33.2. The van der Waals surface area contributed by atoms with Gasteiger partial charge in [-0.05, 0) is 82.0 Å². The second-order valence-corrected chi connectivity index (χ2v) is 18.7. The molecule has 4 atom stereocenters. The molecule has 19 heteroatoms. The van der Waals surface area contributed by atoms with Gasteiger partial charge in [0.15, 0.2) is 5.82 Å². The number of aryl methyl sites for hydroxylation is 1. The number of imidazole rings is 1. The van der Waals surface area contributed by atoms with Crippen molar-refractivity contribution in [3.63, 3.8) is 0 Å². The summed E-state index contributed by atoms with van der Waals surface area (Å²) in [7, 11) is 1.60. The summed E-state index contributed by atoms with van der Waals surface area (Å²) >= 11 is 0. The highest BCUT2D eigenvalue weighted by atomic mass is 19.1. The van der Waals surface area contributed by atoms with Crippen LogP contribution in [0.2, 0.25) is 0 Å². The molecule has 1 unspecified atom stereocenters. The fourth-order valence-corrected chi connectivity index (χ4v) is 10.8. The first kappa shape index (κ1) is 45.6. The number of piperidine rings is 2. The normalized spacial score (nSPS) is 22.8. The average molecular weight is 944 g/mol. The van der Waals surface area contributed by atoms with Crippen LogP contribution < -0.4 is 30.7 Å². The number of ether oxygens (including phenoxy) is 3. The van der Waals surface area contributed by atoms with E-state index >= 15 is 4.39 Å². The van der Waals surface area contributed by atoms with Crippen molar-refractivity contribution in [1.82, 2.24) is 39.6 Å². The number of pyridine rings is 1. The summed E-state index contributed by atoms with van der Waals surface area (Å²) in [6.45, 7) is 3.94. The van der Waals surface area contributed by atoms with Crippen LogP contribution in [0, 0.1) is 24.0 Å². The number of carbonyl (C=O) groups is 3. The van der Waals surface area contributed by atoms with Crippen LogP contribution in [-0.4, -0.2) is 115 Å². The minimum atomic E-state index is -1.01. The molecule has 4 fully saturated rings. The van der Waals surface area contributed by atoms with Crippen LogP contribution in [0.25, 0.3) is 44.0 Å². The minimum absolute atomic E-state index is 0.00386. The lowest BCUT2D eigenvalue weighted by atomic mass is 9.95. The quantitative estimate of drug-likeness (QED) is 0.0817. The lowest BCUT2D eigenvalue weighted by Crippen LogP contribution is -2.48. The number of hydrogen-bond acceptors (Lipinski definition) is 13. The largest absolute Gasteiger partial charge is 0.492 e. The summed E-state index contributed by atoms with van der Waals surface area (Å²) in [6, 6.07) is 12.2. The van der Waals surface area contributed by atoms with E-state index in [9.17, 15) is 28.7 Å². The Morgan fingerprint density at radius 2 is 1.87 bits per heavy atom. The molecule has 4 saturated heterocycles. The van der Waals surface area contributed by atoms with Crippen molar-refractivity contribution in [1.29, 1.82) is 0 Å². The van der Waals surface area contributed by atoms with Crippen molar-refractivity contribution >= 4 is 56.4 Å².